The summed E-state index contributed by atoms with van der Waals surface area (Å²) in [7, 11) is 1.39. The first-order valence-electron chi connectivity index (χ1n) is 4.53. The van der Waals surface area contributed by atoms with Gasteiger partial charge in [0.1, 0.15) is 0 Å². The lowest BCUT2D eigenvalue weighted by atomic mass is 10.1. The summed E-state index contributed by atoms with van der Waals surface area (Å²) in [6.07, 6.45) is 0. The second kappa shape index (κ2) is 6.03. The zero-order valence-electron chi connectivity index (χ0n) is 8.75. The van der Waals surface area contributed by atoms with Crippen molar-refractivity contribution >= 4 is 29.3 Å². The number of benzene rings is 1. The topological polar surface area (TPSA) is 26.3 Å². The van der Waals surface area contributed by atoms with Crippen LogP contribution in [0.5, 0.6) is 0 Å². The van der Waals surface area contributed by atoms with E-state index in [1.165, 1.54) is 18.9 Å². The van der Waals surface area contributed by atoms with E-state index in [1.54, 1.807) is 0 Å². The van der Waals surface area contributed by atoms with E-state index in [2.05, 4.69) is 4.74 Å². The van der Waals surface area contributed by atoms with E-state index >= 15 is 0 Å². The van der Waals surface area contributed by atoms with Crippen molar-refractivity contribution in [2.24, 2.45) is 0 Å². The van der Waals surface area contributed by atoms with E-state index in [0.717, 1.165) is 16.0 Å². The highest BCUT2D eigenvalue weighted by Gasteiger charge is 2.06. The Kier molecular flexibility index (Phi) is 4.99. The Hall–Kier alpha value is -0.670. The largest absolute Gasteiger partial charge is 0.468 e. The molecule has 0 aliphatic rings. The molecule has 4 heteroatoms. The summed E-state index contributed by atoms with van der Waals surface area (Å²) in [5.41, 5.74) is 2.24. The number of carbonyl (C=O) groups is 1. The fourth-order valence-electron chi connectivity index (χ4n) is 1.16. The summed E-state index contributed by atoms with van der Waals surface area (Å²) >= 11 is 7.27. The highest BCUT2D eigenvalue weighted by molar-refractivity contribution is 8.00. The summed E-state index contributed by atoms with van der Waals surface area (Å²) in [4.78, 5) is 12.1. The van der Waals surface area contributed by atoms with Crippen molar-refractivity contribution in [3.8, 4) is 0 Å². The fourth-order valence-corrected chi connectivity index (χ4v) is 2.36. The monoisotopic (exact) mass is 244 g/mol. The van der Waals surface area contributed by atoms with Gasteiger partial charge in [-0.3, -0.25) is 4.79 Å². The van der Waals surface area contributed by atoms with E-state index < -0.39 is 0 Å². The predicted octanol–water partition coefficient (Wildman–Crippen LogP) is 3.00. The first-order chi connectivity index (χ1) is 7.19. The molecule has 0 radical (unpaired) electrons. The molecule has 0 bridgehead atoms. The van der Waals surface area contributed by atoms with Gasteiger partial charge < -0.3 is 4.74 Å². The van der Waals surface area contributed by atoms with Gasteiger partial charge in [0.05, 0.1) is 12.9 Å². The number of rotatable bonds is 4. The van der Waals surface area contributed by atoms with Gasteiger partial charge in [0.15, 0.2) is 0 Å². The van der Waals surface area contributed by atoms with Crippen LogP contribution in [0.3, 0.4) is 0 Å². The molecule has 0 unspecified atom stereocenters. The van der Waals surface area contributed by atoms with Crippen LogP contribution in [0.4, 0.5) is 0 Å². The Morgan fingerprint density at radius 3 is 2.87 bits per heavy atom. The Bertz CT molecular complexity index is 352. The minimum atomic E-state index is -0.212. The van der Waals surface area contributed by atoms with Crippen LogP contribution < -0.4 is 0 Å². The predicted molar refractivity (Wildman–Crippen MR) is 63.5 cm³/mol. The van der Waals surface area contributed by atoms with Crippen LogP contribution in [0, 0.1) is 6.92 Å². The number of thioether (sulfide) groups is 1. The summed E-state index contributed by atoms with van der Waals surface area (Å²) in [5.74, 6) is 0.623. The van der Waals surface area contributed by atoms with Crippen LogP contribution in [0.1, 0.15) is 11.1 Å². The van der Waals surface area contributed by atoms with Crippen LogP contribution in [-0.4, -0.2) is 18.8 Å². The Morgan fingerprint density at radius 2 is 2.27 bits per heavy atom. The smallest absolute Gasteiger partial charge is 0.315 e. The summed E-state index contributed by atoms with van der Waals surface area (Å²) in [5, 5.41) is 0. The minimum absolute atomic E-state index is 0.212. The molecule has 0 fully saturated rings. The number of alkyl halides is 1. The minimum Gasteiger partial charge on any atom is -0.468 e. The molecule has 1 rings (SSSR count). The third kappa shape index (κ3) is 3.43. The second-order valence-corrected chi connectivity index (χ2v) is 4.32. The fraction of sp³-hybridized carbons (Fsp3) is 0.364. The maximum Gasteiger partial charge on any atom is 0.315 e. The highest BCUT2D eigenvalue weighted by atomic mass is 35.5. The van der Waals surface area contributed by atoms with Gasteiger partial charge in [0.2, 0.25) is 0 Å². The third-order valence-corrected chi connectivity index (χ3v) is 3.53. The summed E-state index contributed by atoms with van der Waals surface area (Å²) < 4.78 is 4.58. The highest BCUT2D eigenvalue weighted by Crippen LogP contribution is 2.25. The van der Waals surface area contributed by atoms with Crippen molar-refractivity contribution in [1.29, 1.82) is 0 Å². The lowest BCUT2D eigenvalue weighted by Crippen LogP contribution is -2.03. The number of hydrogen-bond donors (Lipinski definition) is 0. The van der Waals surface area contributed by atoms with Gasteiger partial charge in [-0.25, -0.2) is 0 Å². The molecule has 0 aliphatic heterocycles. The molecular formula is C11H13ClO2S. The van der Waals surface area contributed by atoms with Crippen molar-refractivity contribution < 1.29 is 9.53 Å². The molecule has 0 heterocycles. The number of carbonyl (C=O) groups excluding carboxylic acids is 1. The average molecular weight is 245 g/mol. The van der Waals surface area contributed by atoms with Crippen molar-refractivity contribution in [2.75, 3.05) is 12.9 Å². The second-order valence-electron chi connectivity index (χ2n) is 3.04. The molecule has 0 aliphatic carbocycles. The zero-order chi connectivity index (χ0) is 11.3. The van der Waals surface area contributed by atoms with Crippen molar-refractivity contribution in [1.82, 2.24) is 0 Å². The van der Waals surface area contributed by atoms with Crippen molar-refractivity contribution in [3.05, 3.63) is 29.3 Å². The zero-order valence-corrected chi connectivity index (χ0v) is 10.3. The van der Waals surface area contributed by atoms with Crippen LogP contribution in [-0.2, 0) is 15.4 Å². The molecular weight excluding hydrogens is 232 g/mol. The van der Waals surface area contributed by atoms with Gasteiger partial charge >= 0.3 is 5.97 Å². The number of hydrogen-bond acceptors (Lipinski definition) is 3. The Morgan fingerprint density at radius 1 is 1.53 bits per heavy atom. The van der Waals surface area contributed by atoms with E-state index in [9.17, 15) is 4.79 Å². The molecule has 1 aromatic carbocycles. The molecule has 0 aromatic heterocycles. The van der Waals surface area contributed by atoms with Crippen LogP contribution in [0.2, 0.25) is 0 Å². The van der Waals surface area contributed by atoms with Crippen LogP contribution in [0.25, 0.3) is 0 Å². The van der Waals surface area contributed by atoms with Crippen molar-refractivity contribution in [3.63, 3.8) is 0 Å². The summed E-state index contributed by atoms with van der Waals surface area (Å²) in [6.45, 7) is 2.01. The van der Waals surface area contributed by atoms with Gasteiger partial charge in [0.25, 0.3) is 0 Å². The van der Waals surface area contributed by atoms with E-state index in [4.69, 9.17) is 11.6 Å². The van der Waals surface area contributed by atoms with Crippen molar-refractivity contribution in [2.45, 2.75) is 17.7 Å². The number of methoxy groups -OCH3 is 1. The number of halogens is 1. The third-order valence-electron chi connectivity index (χ3n) is 2.11. The molecule has 0 N–H and O–H groups in total. The molecule has 0 spiro atoms. The molecule has 82 valence electrons. The van der Waals surface area contributed by atoms with E-state index in [1.807, 2.05) is 25.1 Å². The van der Waals surface area contributed by atoms with Gasteiger partial charge in [-0.05, 0) is 24.1 Å². The van der Waals surface area contributed by atoms with Crippen LogP contribution >= 0.6 is 23.4 Å². The molecule has 0 saturated carbocycles. The number of ether oxygens (including phenoxy) is 1. The number of esters is 1. The quantitative estimate of drug-likeness (QED) is 0.463. The maximum atomic E-state index is 11.0. The van der Waals surface area contributed by atoms with E-state index in [0.29, 0.717) is 11.6 Å². The van der Waals surface area contributed by atoms with Gasteiger partial charge in [-0.1, -0.05) is 12.1 Å². The normalized spacial score (nSPS) is 10.1. The molecule has 1 aromatic rings. The Balaban J connectivity index is 2.73. The molecule has 2 nitrogen and oxygen atoms in total. The first kappa shape index (κ1) is 12.4. The molecule has 15 heavy (non-hydrogen) atoms. The lowest BCUT2D eigenvalue weighted by molar-refractivity contribution is -0.137. The SMILES string of the molecule is COC(=O)CSc1cccc(CCl)c1C. The molecule has 0 amide bonds. The van der Waals surface area contributed by atoms with Crippen LogP contribution in [0.15, 0.2) is 23.1 Å². The summed E-state index contributed by atoms with van der Waals surface area (Å²) in [6, 6.07) is 5.92. The average Bonchev–Trinajstić information content (AvgIpc) is 2.27. The molecule has 0 saturated heterocycles. The van der Waals surface area contributed by atoms with E-state index in [-0.39, 0.29) is 5.97 Å². The lowest BCUT2D eigenvalue weighted by Gasteiger charge is -2.08. The molecule has 0 atom stereocenters. The standard InChI is InChI=1S/C11H13ClO2S/c1-8-9(6-12)4-3-5-10(8)15-7-11(13)14-2/h3-5H,6-7H2,1-2H3. The Labute approximate surface area is 99.0 Å². The first-order valence-corrected chi connectivity index (χ1v) is 6.05. The maximum absolute atomic E-state index is 11.0. The van der Waals surface area contributed by atoms with Gasteiger partial charge in [-0.2, -0.15) is 0 Å². The van der Waals surface area contributed by atoms with Gasteiger partial charge in [0, 0.05) is 10.8 Å². The van der Waals surface area contributed by atoms with Gasteiger partial charge in [-0.15, -0.1) is 23.4 Å².